The van der Waals surface area contributed by atoms with Gasteiger partial charge in [-0.15, -0.1) is 0 Å². The molecule has 1 rings (SSSR count). The van der Waals surface area contributed by atoms with Crippen LogP contribution in [0.2, 0.25) is 0 Å². The SMILES string of the molecule is CN=S(C)(=O)Cc1ccc(C(C)(F)F)nc1. The Morgan fingerprint density at radius 1 is 1.50 bits per heavy atom. The van der Waals surface area contributed by atoms with Gasteiger partial charge in [0.15, 0.2) is 0 Å². The van der Waals surface area contributed by atoms with Crippen molar-refractivity contribution in [3.8, 4) is 0 Å². The molecule has 6 heteroatoms. The van der Waals surface area contributed by atoms with E-state index in [1.54, 1.807) is 0 Å². The van der Waals surface area contributed by atoms with Crippen molar-refractivity contribution in [1.29, 1.82) is 0 Å². The molecule has 1 heterocycles. The maximum Gasteiger partial charge on any atom is 0.286 e. The van der Waals surface area contributed by atoms with Gasteiger partial charge < -0.3 is 0 Å². The van der Waals surface area contributed by atoms with E-state index < -0.39 is 15.7 Å². The van der Waals surface area contributed by atoms with Gasteiger partial charge in [0, 0.05) is 36.2 Å². The van der Waals surface area contributed by atoms with Crippen molar-refractivity contribution in [1.82, 2.24) is 4.98 Å². The minimum atomic E-state index is -2.94. The van der Waals surface area contributed by atoms with Crippen molar-refractivity contribution in [2.45, 2.75) is 18.6 Å². The summed E-state index contributed by atoms with van der Waals surface area (Å²) in [6, 6.07) is 2.76. The molecule has 0 saturated carbocycles. The molecule has 0 aliphatic rings. The first-order valence-corrected chi connectivity index (χ1v) is 6.75. The highest BCUT2D eigenvalue weighted by molar-refractivity contribution is 7.92. The summed E-state index contributed by atoms with van der Waals surface area (Å²) in [5.74, 6) is -2.71. The van der Waals surface area contributed by atoms with Crippen molar-refractivity contribution in [3.63, 3.8) is 0 Å². The largest absolute Gasteiger partial charge is 0.286 e. The van der Waals surface area contributed by atoms with Crippen LogP contribution in [0.3, 0.4) is 0 Å². The van der Waals surface area contributed by atoms with Gasteiger partial charge in [-0.25, -0.2) is 8.57 Å². The van der Waals surface area contributed by atoms with Crippen LogP contribution in [0.25, 0.3) is 0 Å². The van der Waals surface area contributed by atoms with Gasteiger partial charge in [-0.2, -0.15) is 8.78 Å². The number of nitrogens with zero attached hydrogens (tertiary/aromatic N) is 2. The predicted molar refractivity (Wildman–Crippen MR) is 59.9 cm³/mol. The fraction of sp³-hybridized carbons (Fsp3) is 0.500. The molecule has 3 nitrogen and oxygen atoms in total. The topological polar surface area (TPSA) is 42.3 Å². The van der Waals surface area contributed by atoms with Crippen LogP contribution < -0.4 is 0 Å². The zero-order valence-electron chi connectivity index (χ0n) is 9.41. The molecule has 1 unspecified atom stereocenters. The third-order valence-corrected chi connectivity index (χ3v) is 3.74. The Hall–Kier alpha value is -1.04. The van der Waals surface area contributed by atoms with Crippen LogP contribution in [-0.4, -0.2) is 22.5 Å². The molecular weight excluding hydrogens is 234 g/mol. The van der Waals surface area contributed by atoms with Crippen molar-refractivity contribution < 1.29 is 13.0 Å². The lowest BCUT2D eigenvalue weighted by Gasteiger charge is -2.10. The second-order valence-corrected chi connectivity index (χ2v) is 6.30. The van der Waals surface area contributed by atoms with Gasteiger partial charge in [0.2, 0.25) is 0 Å². The molecule has 0 N–H and O–H groups in total. The van der Waals surface area contributed by atoms with E-state index in [2.05, 4.69) is 9.35 Å². The zero-order valence-corrected chi connectivity index (χ0v) is 10.2. The Morgan fingerprint density at radius 2 is 2.12 bits per heavy atom. The Labute approximate surface area is 94.1 Å². The second kappa shape index (κ2) is 4.45. The molecule has 0 amide bonds. The molecule has 0 aromatic carbocycles. The number of hydrogen-bond acceptors (Lipinski definition) is 3. The molecule has 0 fully saturated rings. The van der Waals surface area contributed by atoms with E-state index in [-0.39, 0.29) is 11.4 Å². The van der Waals surface area contributed by atoms with Crippen molar-refractivity contribution >= 4 is 9.73 Å². The van der Waals surface area contributed by atoms with Crippen LogP contribution in [0.4, 0.5) is 8.78 Å². The lowest BCUT2D eigenvalue weighted by molar-refractivity contribution is 0.0127. The maximum atomic E-state index is 12.9. The highest BCUT2D eigenvalue weighted by Crippen LogP contribution is 2.24. The van der Waals surface area contributed by atoms with Gasteiger partial charge in [-0.3, -0.25) is 4.98 Å². The molecule has 1 atom stereocenters. The summed E-state index contributed by atoms with van der Waals surface area (Å²) < 4.78 is 41.1. The normalized spacial score (nSPS) is 15.6. The molecule has 1 aromatic rings. The van der Waals surface area contributed by atoms with Crippen LogP contribution in [0.15, 0.2) is 22.7 Å². The van der Waals surface area contributed by atoms with Gasteiger partial charge in [0.1, 0.15) is 5.69 Å². The van der Waals surface area contributed by atoms with Crippen LogP contribution in [-0.2, 0) is 21.4 Å². The summed E-state index contributed by atoms with van der Waals surface area (Å²) in [5.41, 5.74) is 0.360. The van der Waals surface area contributed by atoms with Gasteiger partial charge in [0.05, 0.1) is 5.75 Å². The second-order valence-electron chi connectivity index (χ2n) is 3.73. The summed E-state index contributed by atoms with van der Waals surface area (Å²) >= 11 is 0. The van der Waals surface area contributed by atoms with Crippen molar-refractivity contribution in [2.75, 3.05) is 13.3 Å². The quantitative estimate of drug-likeness (QED) is 0.824. The van der Waals surface area contributed by atoms with E-state index >= 15 is 0 Å². The van der Waals surface area contributed by atoms with Crippen LogP contribution in [0.1, 0.15) is 18.2 Å². The smallest absolute Gasteiger partial charge is 0.255 e. The van der Waals surface area contributed by atoms with E-state index in [0.29, 0.717) is 5.56 Å². The molecule has 0 saturated heterocycles. The number of pyridine rings is 1. The highest BCUT2D eigenvalue weighted by Gasteiger charge is 2.25. The number of alkyl halides is 2. The minimum absolute atomic E-state index is 0.228. The Bertz CT molecular complexity index is 471. The first-order chi connectivity index (χ1) is 7.24. The number of rotatable bonds is 3. The van der Waals surface area contributed by atoms with E-state index in [4.69, 9.17) is 0 Å². The van der Waals surface area contributed by atoms with Crippen LogP contribution >= 0.6 is 0 Å². The average Bonchev–Trinajstić information content (AvgIpc) is 2.16. The third kappa shape index (κ3) is 3.52. The standard InChI is InChI=1S/C10H14F2N2OS/c1-10(11,12)9-5-4-8(6-14-9)7-16(3,15)13-2/h4-6H,7H2,1-3H3. The number of hydrogen-bond donors (Lipinski definition) is 0. The van der Waals surface area contributed by atoms with Gasteiger partial charge >= 0.3 is 0 Å². The summed E-state index contributed by atoms with van der Waals surface area (Å²) in [4.78, 5) is 3.65. The number of aromatic nitrogens is 1. The molecule has 0 spiro atoms. The van der Waals surface area contributed by atoms with Gasteiger partial charge in [0.25, 0.3) is 5.92 Å². The maximum absolute atomic E-state index is 12.9. The molecule has 90 valence electrons. The molecule has 0 aliphatic heterocycles. The lowest BCUT2D eigenvalue weighted by atomic mass is 10.2. The van der Waals surface area contributed by atoms with Gasteiger partial charge in [-0.05, 0) is 11.6 Å². The summed E-state index contributed by atoms with van der Waals surface area (Å²) in [6.07, 6.45) is 2.84. The predicted octanol–water partition coefficient (Wildman–Crippen LogP) is 2.42. The monoisotopic (exact) mass is 248 g/mol. The molecule has 0 aliphatic carbocycles. The molecule has 1 aromatic heterocycles. The Balaban J connectivity index is 2.93. The first kappa shape index (κ1) is 13.0. The Kier molecular flexibility index (Phi) is 3.62. The Morgan fingerprint density at radius 3 is 2.50 bits per heavy atom. The minimum Gasteiger partial charge on any atom is -0.255 e. The van der Waals surface area contributed by atoms with Crippen LogP contribution in [0.5, 0.6) is 0 Å². The fourth-order valence-electron chi connectivity index (χ4n) is 1.14. The van der Waals surface area contributed by atoms with Crippen molar-refractivity contribution in [3.05, 3.63) is 29.6 Å². The zero-order chi connectivity index (χ0) is 12.4. The third-order valence-electron chi connectivity index (χ3n) is 2.10. The fourth-order valence-corrected chi connectivity index (χ4v) is 2.06. The average molecular weight is 248 g/mol. The molecular formula is C10H14F2N2OS. The van der Waals surface area contributed by atoms with E-state index in [9.17, 15) is 13.0 Å². The van der Waals surface area contributed by atoms with Crippen LogP contribution in [0, 0.1) is 0 Å². The highest BCUT2D eigenvalue weighted by atomic mass is 32.2. The number of halogens is 2. The summed E-state index contributed by atoms with van der Waals surface area (Å²) in [6.45, 7) is 0.791. The van der Waals surface area contributed by atoms with Crippen molar-refractivity contribution in [2.24, 2.45) is 4.36 Å². The summed E-state index contributed by atoms with van der Waals surface area (Å²) in [5, 5.41) is 0. The van der Waals surface area contributed by atoms with Gasteiger partial charge in [-0.1, -0.05) is 6.07 Å². The van der Waals surface area contributed by atoms with E-state index in [1.165, 1.54) is 31.6 Å². The summed E-state index contributed by atoms with van der Waals surface area (Å²) in [7, 11) is -0.797. The molecule has 0 radical (unpaired) electrons. The lowest BCUT2D eigenvalue weighted by Crippen LogP contribution is -2.10. The molecule has 0 bridgehead atoms. The van der Waals surface area contributed by atoms with E-state index in [1.807, 2.05) is 0 Å². The molecule has 16 heavy (non-hydrogen) atoms. The van der Waals surface area contributed by atoms with E-state index in [0.717, 1.165) is 6.92 Å². The first-order valence-electron chi connectivity index (χ1n) is 4.66.